The van der Waals surface area contributed by atoms with E-state index in [1.165, 1.54) is 32.1 Å². The van der Waals surface area contributed by atoms with Gasteiger partial charge in [-0.25, -0.2) is 9.78 Å². The van der Waals surface area contributed by atoms with E-state index in [9.17, 15) is 4.79 Å². The molecule has 8 nitrogen and oxygen atoms in total. The molecule has 0 radical (unpaired) electrons. The van der Waals surface area contributed by atoms with Crippen molar-refractivity contribution in [3.05, 3.63) is 47.8 Å². The maximum absolute atomic E-state index is 14.1. The maximum Gasteiger partial charge on any atom is 0.330 e. The minimum Gasteiger partial charge on any atom is -0.497 e. The quantitative estimate of drug-likeness (QED) is 0.652. The number of amides is 2. The molecule has 2 aromatic rings. The lowest BCUT2D eigenvalue weighted by Gasteiger charge is -2.41. The summed E-state index contributed by atoms with van der Waals surface area (Å²) >= 11 is 0. The van der Waals surface area contributed by atoms with E-state index < -0.39 is 0 Å². The van der Waals surface area contributed by atoms with Gasteiger partial charge in [-0.2, -0.15) is 0 Å². The number of morpholine rings is 1. The highest BCUT2D eigenvalue weighted by molar-refractivity contribution is 6.19. The number of pyridine rings is 1. The Kier molecular flexibility index (Phi) is 6.06. The standard InChI is InChI=1S/C27H33N5O3/c1-34-22-9-7-19(8-10-22)18-31-23-15-21(30-11-13-35-14-12-30)16-28-25(23)26-29-17-24(32(26)27(31)33)20-5-3-2-4-6-20/h7-10,15-16,20,24H,2-6,11-14,17-18H2,1H3. The SMILES string of the molecule is COc1ccc(CN2C(=O)N3C(=NCC3C3CCCCC3)c3ncc(N4CCOCC4)cc32)cc1. The van der Waals surface area contributed by atoms with Crippen molar-refractivity contribution >= 4 is 23.2 Å². The third kappa shape index (κ3) is 4.14. The molecular formula is C27H33N5O3. The normalized spacial score (nSPS) is 22.7. The molecule has 0 spiro atoms. The Bertz CT molecular complexity index is 1110. The molecule has 3 aliphatic heterocycles. The van der Waals surface area contributed by atoms with Crippen LogP contribution in [-0.2, 0) is 11.3 Å². The van der Waals surface area contributed by atoms with Gasteiger partial charge in [0.15, 0.2) is 5.84 Å². The number of carbonyl (C=O) groups is 1. The van der Waals surface area contributed by atoms with Crippen LogP contribution in [0.1, 0.15) is 43.4 Å². The molecule has 8 heteroatoms. The molecule has 184 valence electrons. The largest absolute Gasteiger partial charge is 0.497 e. The number of nitrogens with zero attached hydrogens (tertiary/aromatic N) is 5. The van der Waals surface area contributed by atoms with Crippen LogP contribution in [0.25, 0.3) is 0 Å². The number of fused-ring (bicyclic) bond motifs is 3. The number of rotatable bonds is 5. The number of hydrogen-bond donors (Lipinski definition) is 0. The summed E-state index contributed by atoms with van der Waals surface area (Å²) in [5, 5.41) is 0. The van der Waals surface area contributed by atoms with Gasteiger partial charge in [0.2, 0.25) is 0 Å². The van der Waals surface area contributed by atoms with E-state index in [2.05, 4.69) is 11.0 Å². The van der Waals surface area contributed by atoms with Crippen LogP contribution < -0.4 is 14.5 Å². The third-order valence-electron chi connectivity index (χ3n) is 7.85. The second kappa shape index (κ2) is 9.49. The number of anilines is 2. The topological polar surface area (TPSA) is 70.5 Å². The molecule has 35 heavy (non-hydrogen) atoms. The van der Waals surface area contributed by atoms with Crippen molar-refractivity contribution in [3.63, 3.8) is 0 Å². The molecular weight excluding hydrogens is 442 g/mol. The molecule has 1 saturated heterocycles. The molecule has 0 N–H and O–H groups in total. The molecule has 2 fully saturated rings. The molecule has 1 saturated carbocycles. The lowest BCUT2D eigenvalue weighted by Crippen LogP contribution is -2.55. The highest BCUT2D eigenvalue weighted by Gasteiger charge is 2.46. The Labute approximate surface area is 206 Å². The smallest absolute Gasteiger partial charge is 0.330 e. The van der Waals surface area contributed by atoms with Crippen molar-refractivity contribution in [2.45, 2.75) is 44.7 Å². The number of aromatic nitrogens is 1. The van der Waals surface area contributed by atoms with Crippen molar-refractivity contribution in [2.24, 2.45) is 10.9 Å². The van der Waals surface area contributed by atoms with Gasteiger partial charge in [0.1, 0.15) is 11.4 Å². The summed E-state index contributed by atoms with van der Waals surface area (Å²) in [5.41, 5.74) is 3.73. The fourth-order valence-electron chi connectivity index (χ4n) is 5.91. The maximum atomic E-state index is 14.1. The minimum absolute atomic E-state index is 0.0149. The molecule has 4 heterocycles. The van der Waals surface area contributed by atoms with Gasteiger partial charge < -0.3 is 14.4 Å². The van der Waals surface area contributed by atoms with E-state index in [1.54, 1.807) is 7.11 Å². The predicted molar refractivity (Wildman–Crippen MR) is 135 cm³/mol. The molecule has 1 atom stereocenters. The van der Waals surface area contributed by atoms with Crippen LogP contribution in [0.5, 0.6) is 5.75 Å². The number of ether oxygens (including phenoxy) is 2. The summed E-state index contributed by atoms with van der Waals surface area (Å²) in [4.78, 5) is 30.1. The first-order valence-electron chi connectivity index (χ1n) is 12.8. The van der Waals surface area contributed by atoms with Gasteiger partial charge in [-0.3, -0.25) is 14.8 Å². The van der Waals surface area contributed by atoms with Gasteiger partial charge >= 0.3 is 6.03 Å². The molecule has 1 aliphatic carbocycles. The van der Waals surface area contributed by atoms with Crippen molar-refractivity contribution < 1.29 is 14.3 Å². The van der Waals surface area contributed by atoms with E-state index in [4.69, 9.17) is 19.5 Å². The third-order valence-corrected chi connectivity index (χ3v) is 7.85. The highest BCUT2D eigenvalue weighted by atomic mass is 16.5. The van der Waals surface area contributed by atoms with Crippen molar-refractivity contribution in [3.8, 4) is 5.75 Å². The molecule has 6 rings (SSSR count). The van der Waals surface area contributed by atoms with Gasteiger partial charge in [0.05, 0.1) is 57.0 Å². The van der Waals surface area contributed by atoms with Crippen LogP contribution >= 0.6 is 0 Å². The Morgan fingerprint density at radius 2 is 1.86 bits per heavy atom. The summed E-state index contributed by atoms with van der Waals surface area (Å²) in [6.45, 7) is 4.21. The average Bonchev–Trinajstić information content (AvgIpc) is 3.38. The van der Waals surface area contributed by atoms with Crippen molar-refractivity contribution in [2.75, 3.05) is 49.8 Å². The minimum atomic E-state index is 0.0149. The Hall–Kier alpha value is -3.13. The number of methoxy groups -OCH3 is 1. The lowest BCUT2D eigenvalue weighted by molar-refractivity contribution is 0.122. The van der Waals surface area contributed by atoms with Crippen LogP contribution in [0.15, 0.2) is 41.5 Å². The number of carbonyl (C=O) groups excluding carboxylic acids is 1. The fraction of sp³-hybridized carbons (Fsp3) is 0.519. The van der Waals surface area contributed by atoms with Gasteiger partial charge in [-0.05, 0) is 42.5 Å². The van der Waals surface area contributed by atoms with Crippen LogP contribution in [-0.4, -0.2) is 67.8 Å². The Balaban J connectivity index is 1.37. The van der Waals surface area contributed by atoms with E-state index in [1.807, 2.05) is 40.3 Å². The highest BCUT2D eigenvalue weighted by Crippen LogP contribution is 2.39. The van der Waals surface area contributed by atoms with E-state index in [-0.39, 0.29) is 12.1 Å². The second-order valence-corrected chi connectivity index (χ2v) is 9.88. The summed E-state index contributed by atoms with van der Waals surface area (Å²) in [6.07, 6.45) is 8.05. The van der Waals surface area contributed by atoms with Crippen molar-refractivity contribution in [1.82, 2.24) is 9.88 Å². The van der Waals surface area contributed by atoms with Gasteiger partial charge in [0, 0.05) is 13.1 Å². The van der Waals surface area contributed by atoms with Crippen LogP contribution in [0, 0.1) is 5.92 Å². The molecule has 0 bridgehead atoms. The summed E-state index contributed by atoms with van der Waals surface area (Å²) in [7, 11) is 1.66. The lowest BCUT2D eigenvalue weighted by atomic mass is 9.83. The number of aliphatic imine (C=N–C) groups is 1. The number of amidine groups is 1. The number of benzene rings is 1. The summed E-state index contributed by atoms with van der Waals surface area (Å²) in [6, 6.07) is 10.2. The van der Waals surface area contributed by atoms with Crippen LogP contribution in [0.3, 0.4) is 0 Å². The van der Waals surface area contributed by atoms with E-state index in [0.29, 0.717) is 32.2 Å². The van der Waals surface area contributed by atoms with E-state index >= 15 is 0 Å². The first-order chi connectivity index (χ1) is 17.2. The summed E-state index contributed by atoms with van der Waals surface area (Å²) in [5.74, 6) is 2.06. The van der Waals surface area contributed by atoms with Crippen molar-refractivity contribution in [1.29, 1.82) is 0 Å². The fourth-order valence-corrected chi connectivity index (χ4v) is 5.91. The number of hydrogen-bond acceptors (Lipinski definition) is 6. The Morgan fingerprint density at radius 3 is 2.60 bits per heavy atom. The van der Waals surface area contributed by atoms with Gasteiger partial charge in [0.25, 0.3) is 0 Å². The summed E-state index contributed by atoms with van der Waals surface area (Å²) < 4.78 is 10.9. The van der Waals surface area contributed by atoms with Gasteiger partial charge in [-0.15, -0.1) is 0 Å². The first-order valence-corrected chi connectivity index (χ1v) is 12.8. The number of urea groups is 1. The first kappa shape index (κ1) is 22.3. The molecule has 2 amide bonds. The molecule has 4 aliphatic rings. The zero-order valence-corrected chi connectivity index (χ0v) is 20.4. The average molecular weight is 476 g/mol. The van der Waals surface area contributed by atoms with E-state index in [0.717, 1.165) is 47.3 Å². The van der Waals surface area contributed by atoms with Crippen LogP contribution in [0.2, 0.25) is 0 Å². The predicted octanol–water partition coefficient (Wildman–Crippen LogP) is 4.08. The Morgan fingerprint density at radius 1 is 1.09 bits per heavy atom. The zero-order chi connectivity index (χ0) is 23.8. The zero-order valence-electron chi connectivity index (χ0n) is 20.4. The van der Waals surface area contributed by atoms with Gasteiger partial charge in [-0.1, -0.05) is 31.4 Å². The second-order valence-electron chi connectivity index (χ2n) is 9.88. The molecule has 1 unspecified atom stereocenters. The molecule has 1 aromatic carbocycles. The monoisotopic (exact) mass is 475 g/mol. The van der Waals surface area contributed by atoms with Crippen LogP contribution in [0.4, 0.5) is 16.2 Å². The molecule has 1 aromatic heterocycles.